The van der Waals surface area contributed by atoms with Crippen molar-refractivity contribution in [1.29, 1.82) is 0 Å². The number of nitrogens with one attached hydrogen (secondary N) is 1. The van der Waals surface area contributed by atoms with Gasteiger partial charge in [-0.3, -0.25) is 9.59 Å². The fourth-order valence-corrected chi connectivity index (χ4v) is 4.79. The highest BCUT2D eigenvalue weighted by Gasteiger charge is 2.42. The molecule has 0 aromatic heterocycles. The Morgan fingerprint density at radius 3 is 2.62 bits per heavy atom. The smallest absolute Gasteiger partial charge is 0.251 e. The molecule has 0 saturated carbocycles. The first kappa shape index (κ1) is 18.4. The monoisotopic (exact) mass is 392 g/mol. The Balaban J connectivity index is 1.80. The van der Waals surface area contributed by atoms with Crippen LogP contribution >= 0.6 is 11.6 Å². The van der Waals surface area contributed by atoms with Crippen LogP contribution in [0.5, 0.6) is 0 Å². The Kier molecular flexibility index (Phi) is 5.02. The summed E-state index contributed by atoms with van der Waals surface area (Å²) >= 11 is 6.06. The van der Waals surface area contributed by atoms with Gasteiger partial charge in [-0.2, -0.15) is 0 Å². The van der Waals surface area contributed by atoms with Crippen molar-refractivity contribution in [2.24, 2.45) is 5.92 Å². The van der Waals surface area contributed by atoms with E-state index in [4.69, 9.17) is 11.6 Å². The molecule has 1 aliphatic rings. The number of amides is 2. The van der Waals surface area contributed by atoms with Gasteiger partial charge in [0, 0.05) is 17.1 Å². The molecule has 1 N–H and O–H groups in total. The summed E-state index contributed by atoms with van der Waals surface area (Å²) in [6.07, 6.45) is 0. The van der Waals surface area contributed by atoms with Gasteiger partial charge in [0.15, 0.2) is 0 Å². The lowest BCUT2D eigenvalue weighted by molar-refractivity contribution is -0.119. The van der Waals surface area contributed by atoms with E-state index in [1.165, 1.54) is 12.1 Å². The van der Waals surface area contributed by atoms with Gasteiger partial charge in [-0.05, 0) is 29.8 Å². The van der Waals surface area contributed by atoms with E-state index in [9.17, 15) is 18.0 Å². The number of rotatable bonds is 4. The van der Waals surface area contributed by atoms with Crippen molar-refractivity contribution in [3.05, 3.63) is 64.7 Å². The predicted octanol–water partition coefficient (Wildman–Crippen LogP) is 2.58. The van der Waals surface area contributed by atoms with Crippen molar-refractivity contribution in [2.75, 3.05) is 10.1 Å². The molecule has 2 aromatic rings. The van der Waals surface area contributed by atoms with Crippen LogP contribution in [0, 0.1) is 5.92 Å². The molecular weight excluding hydrogens is 376 g/mol. The molecule has 0 spiro atoms. The zero-order valence-corrected chi connectivity index (χ0v) is 15.5. The van der Waals surface area contributed by atoms with Crippen molar-refractivity contribution < 1.29 is 18.0 Å². The molecule has 26 heavy (non-hydrogen) atoms. The molecule has 0 aliphatic carbocycles. The summed E-state index contributed by atoms with van der Waals surface area (Å²) in [6.45, 7) is 1.81. The molecular formula is C18H17ClN2O4S. The number of benzene rings is 2. The number of carbonyl (C=O) groups excluding carboxylic acids is 2. The zero-order valence-electron chi connectivity index (χ0n) is 14.0. The minimum atomic E-state index is -3.71. The lowest BCUT2D eigenvalue weighted by Crippen LogP contribution is -2.30. The van der Waals surface area contributed by atoms with Crippen LogP contribution in [0.15, 0.2) is 48.5 Å². The number of hydrogen-bond acceptors (Lipinski definition) is 4. The predicted molar refractivity (Wildman–Crippen MR) is 99.5 cm³/mol. The van der Waals surface area contributed by atoms with E-state index in [2.05, 4.69) is 5.32 Å². The third-order valence-corrected chi connectivity index (χ3v) is 6.34. The molecule has 1 aliphatic heterocycles. The molecule has 3 rings (SSSR count). The van der Waals surface area contributed by atoms with Gasteiger partial charge in [-0.1, -0.05) is 42.8 Å². The van der Waals surface area contributed by atoms with Crippen LogP contribution in [0.1, 0.15) is 22.8 Å². The lowest BCUT2D eigenvalue weighted by Gasteiger charge is -2.16. The highest BCUT2D eigenvalue weighted by Crippen LogP contribution is 2.28. The summed E-state index contributed by atoms with van der Waals surface area (Å²) in [4.78, 5) is 24.6. The van der Waals surface area contributed by atoms with Crippen molar-refractivity contribution in [3.8, 4) is 0 Å². The van der Waals surface area contributed by atoms with E-state index in [1.54, 1.807) is 37.3 Å². The first-order valence-corrected chi connectivity index (χ1v) is 9.97. The number of sulfonamides is 1. The van der Waals surface area contributed by atoms with Gasteiger partial charge in [0.1, 0.15) is 0 Å². The number of carbonyl (C=O) groups is 2. The number of anilines is 1. The van der Waals surface area contributed by atoms with E-state index in [0.717, 1.165) is 9.87 Å². The van der Waals surface area contributed by atoms with Crippen LogP contribution < -0.4 is 9.62 Å². The summed E-state index contributed by atoms with van der Waals surface area (Å²) in [5, 5.41) is 3.28. The van der Waals surface area contributed by atoms with E-state index in [-0.39, 0.29) is 29.5 Å². The lowest BCUT2D eigenvalue weighted by atomic mass is 10.1. The Morgan fingerprint density at radius 2 is 1.96 bits per heavy atom. The van der Waals surface area contributed by atoms with Gasteiger partial charge in [-0.25, -0.2) is 12.7 Å². The van der Waals surface area contributed by atoms with Gasteiger partial charge in [0.25, 0.3) is 5.91 Å². The Morgan fingerprint density at radius 1 is 1.23 bits per heavy atom. The molecule has 2 amide bonds. The van der Waals surface area contributed by atoms with Gasteiger partial charge in [0.2, 0.25) is 15.9 Å². The Bertz CT molecular complexity index is 975. The standard InChI is InChI=1S/C18H17ClN2O4S/c1-12-11-26(24,25)21(18(12)23)15-7-4-6-13(9-15)17(22)20-10-14-5-2-3-8-16(14)19/h2-9,12H,10-11H2,1H3,(H,20,22). The van der Waals surface area contributed by atoms with Crippen LogP contribution in [0.3, 0.4) is 0 Å². The molecule has 1 saturated heterocycles. The first-order chi connectivity index (χ1) is 12.3. The summed E-state index contributed by atoms with van der Waals surface area (Å²) in [6, 6.07) is 13.1. The third kappa shape index (κ3) is 3.59. The maximum Gasteiger partial charge on any atom is 0.251 e. The summed E-state index contributed by atoms with van der Waals surface area (Å²) in [7, 11) is -3.71. The van der Waals surface area contributed by atoms with Gasteiger partial charge in [0.05, 0.1) is 17.4 Å². The van der Waals surface area contributed by atoms with Crippen molar-refractivity contribution in [3.63, 3.8) is 0 Å². The molecule has 0 bridgehead atoms. The second-order valence-electron chi connectivity index (χ2n) is 6.11. The molecule has 0 radical (unpaired) electrons. The highest BCUT2D eigenvalue weighted by molar-refractivity contribution is 7.94. The van der Waals surface area contributed by atoms with E-state index in [1.807, 2.05) is 6.07 Å². The van der Waals surface area contributed by atoms with E-state index >= 15 is 0 Å². The Labute approximate surface area is 156 Å². The summed E-state index contributed by atoms with van der Waals surface area (Å²) < 4.78 is 25.2. The quantitative estimate of drug-likeness (QED) is 0.866. The topological polar surface area (TPSA) is 83.6 Å². The van der Waals surface area contributed by atoms with Crippen LogP contribution in [0.4, 0.5) is 5.69 Å². The average Bonchev–Trinajstić information content (AvgIpc) is 2.81. The minimum absolute atomic E-state index is 0.171. The first-order valence-electron chi connectivity index (χ1n) is 7.98. The minimum Gasteiger partial charge on any atom is -0.348 e. The maximum absolute atomic E-state index is 12.4. The molecule has 8 heteroatoms. The van der Waals surface area contributed by atoms with Crippen molar-refractivity contribution in [1.82, 2.24) is 5.32 Å². The van der Waals surface area contributed by atoms with Crippen LogP contribution in [0.25, 0.3) is 0 Å². The molecule has 6 nitrogen and oxygen atoms in total. The normalized spacial score (nSPS) is 18.8. The number of halogens is 1. The van der Waals surface area contributed by atoms with Gasteiger partial charge < -0.3 is 5.32 Å². The molecule has 1 heterocycles. The highest BCUT2D eigenvalue weighted by atomic mass is 35.5. The number of nitrogens with zero attached hydrogens (tertiary/aromatic N) is 1. The zero-order chi connectivity index (χ0) is 18.9. The second-order valence-corrected chi connectivity index (χ2v) is 8.38. The summed E-state index contributed by atoms with van der Waals surface area (Å²) in [5.74, 6) is -1.70. The average molecular weight is 393 g/mol. The fourth-order valence-electron chi connectivity index (χ4n) is 2.78. The molecule has 1 unspecified atom stereocenters. The fraction of sp³-hybridized carbons (Fsp3) is 0.222. The van der Waals surface area contributed by atoms with Crippen LogP contribution in [-0.4, -0.2) is 26.0 Å². The Hall–Kier alpha value is -2.38. The third-order valence-electron chi connectivity index (χ3n) is 4.10. The maximum atomic E-state index is 12.4. The van der Waals surface area contributed by atoms with Crippen molar-refractivity contribution in [2.45, 2.75) is 13.5 Å². The van der Waals surface area contributed by atoms with Crippen LogP contribution in [0.2, 0.25) is 5.02 Å². The molecule has 2 aromatic carbocycles. The number of hydrogen-bond donors (Lipinski definition) is 1. The van der Waals surface area contributed by atoms with Gasteiger partial charge >= 0.3 is 0 Å². The molecule has 1 atom stereocenters. The van der Waals surface area contributed by atoms with E-state index < -0.39 is 21.8 Å². The van der Waals surface area contributed by atoms with Crippen LogP contribution in [-0.2, 0) is 21.4 Å². The SMILES string of the molecule is CC1CS(=O)(=O)N(c2cccc(C(=O)NCc3ccccc3Cl)c2)C1=O. The largest absolute Gasteiger partial charge is 0.348 e. The summed E-state index contributed by atoms with van der Waals surface area (Å²) in [5.41, 5.74) is 1.20. The molecule has 136 valence electrons. The second kappa shape index (κ2) is 7.09. The van der Waals surface area contributed by atoms with Crippen molar-refractivity contribution >= 4 is 39.1 Å². The molecule has 1 fully saturated rings. The van der Waals surface area contributed by atoms with Gasteiger partial charge in [-0.15, -0.1) is 0 Å². The van der Waals surface area contributed by atoms with E-state index in [0.29, 0.717) is 5.02 Å².